The third-order valence-electron chi connectivity index (χ3n) is 5.45. The molecule has 4 rings (SSSR count). The molecule has 3 aromatic carbocycles. The summed E-state index contributed by atoms with van der Waals surface area (Å²) in [6.45, 7) is 1.31. The molecule has 1 heterocycles. The number of hydrogen-bond donors (Lipinski definition) is 1. The number of benzene rings is 3. The number of nitrogens with one attached hydrogen (secondary N) is 1. The number of hydrogen-bond acceptors (Lipinski definition) is 6. The summed E-state index contributed by atoms with van der Waals surface area (Å²) in [7, 11) is 1.37. The molecular weight excluding hydrogens is 455 g/mol. The molecule has 0 spiro atoms. The minimum Gasteiger partial charge on any atom is -0.496 e. The van der Waals surface area contributed by atoms with Gasteiger partial charge < -0.3 is 14.8 Å². The van der Waals surface area contributed by atoms with Gasteiger partial charge in [-0.2, -0.15) is 0 Å². The Hall–Kier alpha value is -4.53. The second-order valence-corrected chi connectivity index (χ2v) is 7.82. The Morgan fingerprint density at radius 1 is 0.971 bits per heavy atom. The molecule has 0 aromatic heterocycles. The first-order chi connectivity index (χ1) is 16.8. The Balaban J connectivity index is 1.48. The third kappa shape index (κ3) is 4.89. The largest absolute Gasteiger partial charge is 0.496 e. The molecule has 3 aromatic rings. The molecule has 0 radical (unpaired) electrons. The van der Waals surface area contributed by atoms with Crippen LogP contribution in [0, 0.1) is 5.82 Å². The average Bonchev–Trinajstić information content (AvgIpc) is 3.09. The number of halogens is 1. The van der Waals surface area contributed by atoms with Gasteiger partial charge in [0.15, 0.2) is 6.10 Å². The molecule has 178 valence electrons. The highest BCUT2D eigenvalue weighted by atomic mass is 19.1. The quantitative estimate of drug-likeness (QED) is 0.411. The van der Waals surface area contributed by atoms with Crippen LogP contribution in [0.3, 0.4) is 0 Å². The summed E-state index contributed by atoms with van der Waals surface area (Å²) in [5.74, 6) is -2.66. The van der Waals surface area contributed by atoms with Crippen molar-refractivity contribution in [3.8, 4) is 5.75 Å². The van der Waals surface area contributed by atoms with E-state index in [9.17, 15) is 23.6 Å². The predicted molar refractivity (Wildman–Crippen MR) is 124 cm³/mol. The molecule has 0 fully saturated rings. The molecule has 0 saturated carbocycles. The van der Waals surface area contributed by atoms with Crippen LogP contribution in [0.25, 0.3) is 0 Å². The second kappa shape index (κ2) is 9.76. The van der Waals surface area contributed by atoms with Crippen LogP contribution in [0.15, 0.2) is 66.7 Å². The van der Waals surface area contributed by atoms with Gasteiger partial charge in [0.2, 0.25) is 0 Å². The van der Waals surface area contributed by atoms with Crippen LogP contribution < -0.4 is 10.1 Å². The van der Waals surface area contributed by atoms with Gasteiger partial charge in [0.25, 0.3) is 17.7 Å². The van der Waals surface area contributed by atoms with Crippen molar-refractivity contribution >= 4 is 29.4 Å². The first-order valence-electron chi connectivity index (χ1n) is 10.7. The lowest BCUT2D eigenvalue weighted by Crippen LogP contribution is -2.30. The molecule has 1 N–H and O–H groups in total. The molecule has 9 heteroatoms. The van der Waals surface area contributed by atoms with E-state index in [0.29, 0.717) is 16.7 Å². The Morgan fingerprint density at radius 2 is 1.66 bits per heavy atom. The van der Waals surface area contributed by atoms with Crippen LogP contribution in [0.4, 0.5) is 10.1 Å². The summed E-state index contributed by atoms with van der Waals surface area (Å²) < 4.78 is 23.9. The van der Waals surface area contributed by atoms with E-state index in [4.69, 9.17) is 9.47 Å². The summed E-state index contributed by atoms with van der Waals surface area (Å²) in [5.41, 5.74) is 1.38. The van der Waals surface area contributed by atoms with Crippen LogP contribution in [0.1, 0.15) is 43.6 Å². The van der Waals surface area contributed by atoms with E-state index in [2.05, 4.69) is 5.32 Å². The summed E-state index contributed by atoms with van der Waals surface area (Å²) in [5, 5.41) is 2.48. The third-order valence-corrected chi connectivity index (χ3v) is 5.45. The minimum absolute atomic E-state index is 0.0204. The van der Waals surface area contributed by atoms with E-state index in [1.165, 1.54) is 44.4 Å². The number of ether oxygens (including phenoxy) is 2. The Kier molecular flexibility index (Phi) is 6.59. The normalized spacial score (nSPS) is 13.3. The lowest BCUT2D eigenvalue weighted by molar-refractivity contribution is -0.123. The Labute approximate surface area is 200 Å². The van der Waals surface area contributed by atoms with Gasteiger partial charge in [0.1, 0.15) is 17.1 Å². The summed E-state index contributed by atoms with van der Waals surface area (Å²) >= 11 is 0. The van der Waals surface area contributed by atoms with Crippen molar-refractivity contribution in [3.05, 3.63) is 94.8 Å². The maximum atomic E-state index is 13.3. The zero-order valence-corrected chi connectivity index (χ0v) is 18.9. The molecule has 1 aliphatic rings. The van der Waals surface area contributed by atoms with Crippen molar-refractivity contribution in [2.75, 3.05) is 12.4 Å². The van der Waals surface area contributed by atoms with Crippen LogP contribution in [0.5, 0.6) is 5.75 Å². The maximum Gasteiger partial charge on any atom is 0.342 e. The number of fused-ring (bicyclic) bond motifs is 1. The first kappa shape index (κ1) is 23.6. The lowest BCUT2D eigenvalue weighted by atomic mass is 10.1. The van der Waals surface area contributed by atoms with E-state index in [-0.39, 0.29) is 23.5 Å². The van der Waals surface area contributed by atoms with E-state index in [0.717, 1.165) is 11.0 Å². The van der Waals surface area contributed by atoms with Gasteiger partial charge >= 0.3 is 5.97 Å². The highest BCUT2D eigenvalue weighted by molar-refractivity contribution is 6.21. The summed E-state index contributed by atoms with van der Waals surface area (Å²) in [6, 6.07) is 16.4. The zero-order valence-electron chi connectivity index (χ0n) is 18.9. The monoisotopic (exact) mass is 476 g/mol. The van der Waals surface area contributed by atoms with Gasteiger partial charge in [-0.05, 0) is 55.0 Å². The minimum atomic E-state index is -1.20. The summed E-state index contributed by atoms with van der Waals surface area (Å²) in [4.78, 5) is 51.7. The van der Waals surface area contributed by atoms with Crippen molar-refractivity contribution < 1.29 is 33.0 Å². The topological polar surface area (TPSA) is 102 Å². The van der Waals surface area contributed by atoms with Crippen LogP contribution in [-0.2, 0) is 16.1 Å². The van der Waals surface area contributed by atoms with Gasteiger partial charge in [0, 0.05) is 5.69 Å². The van der Waals surface area contributed by atoms with Gasteiger partial charge in [0.05, 0.1) is 24.8 Å². The molecule has 0 aliphatic carbocycles. The number of carbonyl (C=O) groups is 4. The molecule has 1 aliphatic heterocycles. The SMILES string of the molecule is COc1ccc(CN2C(=O)c3ccccc3C2=O)cc1C(=O)OC(C)C(=O)Nc1cccc(F)c1. The van der Waals surface area contributed by atoms with E-state index in [1.54, 1.807) is 30.3 Å². The number of esters is 1. The highest BCUT2D eigenvalue weighted by Gasteiger charge is 2.35. The zero-order chi connectivity index (χ0) is 25.1. The van der Waals surface area contributed by atoms with Crippen molar-refractivity contribution in [1.82, 2.24) is 4.90 Å². The first-order valence-corrected chi connectivity index (χ1v) is 10.7. The molecule has 3 amide bonds. The number of rotatable bonds is 7. The van der Waals surface area contributed by atoms with Crippen molar-refractivity contribution in [2.24, 2.45) is 0 Å². The number of methoxy groups -OCH3 is 1. The van der Waals surface area contributed by atoms with Crippen LogP contribution in [0.2, 0.25) is 0 Å². The molecule has 1 atom stereocenters. The Bertz CT molecular complexity index is 1300. The maximum absolute atomic E-state index is 13.3. The molecule has 0 bridgehead atoms. The average molecular weight is 476 g/mol. The second-order valence-electron chi connectivity index (χ2n) is 7.82. The molecule has 8 nitrogen and oxygen atoms in total. The van der Waals surface area contributed by atoms with Crippen molar-refractivity contribution in [3.63, 3.8) is 0 Å². The van der Waals surface area contributed by atoms with Gasteiger partial charge in [-0.3, -0.25) is 19.3 Å². The fraction of sp³-hybridized carbons (Fsp3) is 0.154. The smallest absolute Gasteiger partial charge is 0.342 e. The summed E-state index contributed by atoms with van der Waals surface area (Å²) in [6.07, 6.45) is -1.20. The van der Waals surface area contributed by atoms with E-state index in [1.807, 2.05) is 0 Å². The highest BCUT2D eigenvalue weighted by Crippen LogP contribution is 2.27. The van der Waals surface area contributed by atoms with E-state index >= 15 is 0 Å². The van der Waals surface area contributed by atoms with Gasteiger partial charge in [-0.15, -0.1) is 0 Å². The number of nitrogens with zero attached hydrogens (tertiary/aromatic N) is 1. The van der Waals surface area contributed by atoms with Crippen LogP contribution >= 0.6 is 0 Å². The van der Waals surface area contributed by atoms with Crippen molar-refractivity contribution in [2.45, 2.75) is 19.6 Å². The van der Waals surface area contributed by atoms with Crippen molar-refractivity contribution in [1.29, 1.82) is 0 Å². The molecule has 0 saturated heterocycles. The standard InChI is InChI=1S/C26H21FN2O6/c1-15(23(30)28-18-7-5-6-17(27)13-18)35-26(33)21-12-16(10-11-22(21)34-2)14-29-24(31)19-8-3-4-9-20(19)25(29)32/h3-13,15H,14H2,1-2H3,(H,28,30). The number of imide groups is 1. The molecular formula is C26H21FN2O6. The van der Waals surface area contributed by atoms with Gasteiger partial charge in [-0.25, -0.2) is 9.18 Å². The van der Waals surface area contributed by atoms with E-state index < -0.39 is 35.6 Å². The lowest BCUT2D eigenvalue weighted by Gasteiger charge is -2.17. The molecule has 35 heavy (non-hydrogen) atoms. The fourth-order valence-electron chi connectivity index (χ4n) is 3.67. The Morgan fingerprint density at radius 3 is 2.29 bits per heavy atom. The predicted octanol–water partition coefficient (Wildman–Crippen LogP) is 3.81. The fourth-order valence-corrected chi connectivity index (χ4v) is 3.67. The molecule has 1 unspecified atom stereocenters. The van der Waals surface area contributed by atoms with Gasteiger partial charge in [-0.1, -0.05) is 24.3 Å². The number of anilines is 1. The number of carbonyl (C=O) groups excluding carboxylic acids is 4. The number of amides is 3. The van der Waals surface area contributed by atoms with Crippen LogP contribution in [-0.4, -0.2) is 41.8 Å².